The summed E-state index contributed by atoms with van der Waals surface area (Å²) in [7, 11) is 0. The number of carbonyl (C=O) groups is 2. The molecule has 0 aromatic heterocycles. The number of amides is 2. The minimum atomic E-state index is -0.197. The molecule has 5 heteroatoms. The predicted molar refractivity (Wildman–Crippen MR) is 40.7 cm³/mol. The quantitative estimate of drug-likeness (QED) is 0.373. The van der Waals surface area contributed by atoms with Crippen molar-refractivity contribution in [3.63, 3.8) is 0 Å². The van der Waals surface area contributed by atoms with Crippen molar-refractivity contribution in [3.05, 3.63) is 0 Å². The van der Waals surface area contributed by atoms with Gasteiger partial charge in [-0.1, -0.05) is 0 Å². The van der Waals surface area contributed by atoms with E-state index in [1.807, 2.05) is 0 Å². The van der Waals surface area contributed by atoms with E-state index in [4.69, 9.17) is 0 Å². The Bertz CT molecular complexity index is 138. The van der Waals surface area contributed by atoms with Crippen LogP contribution < -0.4 is 10.6 Å². The smallest absolute Gasteiger partial charge is 0.231 e. The third-order valence-electron chi connectivity index (χ3n) is 0.766. The number of hydrogen-bond acceptors (Lipinski definition) is 3. The normalized spacial score (nSPS) is 8.60. The van der Waals surface area contributed by atoms with Crippen LogP contribution in [0, 0.1) is 0 Å². The van der Waals surface area contributed by atoms with Crippen LogP contribution in [0.3, 0.4) is 0 Å². The molecule has 0 bridgehead atoms. The van der Waals surface area contributed by atoms with Crippen LogP contribution in [0.15, 0.2) is 0 Å². The van der Waals surface area contributed by atoms with Gasteiger partial charge in [0, 0.05) is 6.92 Å². The van der Waals surface area contributed by atoms with E-state index in [0.29, 0.717) is 0 Å². The second-order valence-electron chi connectivity index (χ2n) is 1.67. The van der Waals surface area contributed by atoms with Gasteiger partial charge >= 0.3 is 0 Å². The molecular weight excluding hydrogens is 152 g/mol. The molecule has 0 aliphatic carbocycles. The first-order chi connectivity index (χ1) is 4.66. The lowest BCUT2D eigenvalue weighted by Gasteiger charge is -2.01. The molecule has 0 saturated carbocycles. The van der Waals surface area contributed by atoms with Crippen molar-refractivity contribution in [1.82, 2.24) is 10.6 Å². The van der Waals surface area contributed by atoms with Gasteiger partial charge in [-0.05, 0) is 0 Å². The highest BCUT2D eigenvalue weighted by molar-refractivity contribution is 7.81. The van der Waals surface area contributed by atoms with Crippen LogP contribution in [0.2, 0.25) is 0 Å². The number of carbonyl (C=O) groups excluding carboxylic acids is 2. The fourth-order valence-corrected chi connectivity index (χ4v) is 0.435. The first-order valence-corrected chi connectivity index (χ1v) is 3.42. The second kappa shape index (κ2) is 5.10. The Labute approximate surface area is 64.8 Å². The Morgan fingerprint density at radius 3 is 2.40 bits per heavy atom. The average molecular weight is 162 g/mol. The standard InChI is InChI=1S/C5H10N2O2S/c1-4(8)6-3-7-5(9)2-10/h10H,2-3H2,1H3,(H,6,8)(H,7,9). The summed E-state index contributed by atoms with van der Waals surface area (Å²) in [6.45, 7) is 1.56. The number of nitrogens with one attached hydrogen (secondary N) is 2. The van der Waals surface area contributed by atoms with Gasteiger partial charge in [-0.3, -0.25) is 9.59 Å². The van der Waals surface area contributed by atoms with Crippen LogP contribution >= 0.6 is 12.6 Å². The van der Waals surface area contributed by atoms with Crippen molar-refractivity contribution >= 4 is 24.4 Å². The molecule has 0 aromatic rings. The molecule has 58 valence electrons. The molecule has 0 radical (unpaired) electrons. The fraction of sp³-hybridized carbons (Fsp3) is 0.600. The van der Waals surface area contributed by atoms with Crippen molar-refractivity contribution in [2.75, 3.05) is 12.4 Å². The number of thiol groups is 1. The number of rotatable bonds is 3. The molecule has 2 amide bonds. The van der Waals surface area contributed by atoms with Crippen molar-refractivity contribution in [2.45, 2.75) is 6.92 Å². The maximum absolute atomic E-state index is 10.5. The van der Waals surface area contributed by atoms with E-state index in [-0.39, 0.29) is 24.2 Å². The van der Waals surface area contributed by atoms with Gasteiger partial charge in [-0.15, -0.1) is 0 Å². The van der Waals surface area contributed by atoms with E-state index >= 15 is 0 Å². The monoisotopic (exact) mass is 162 g/mol. The summed E-state index contributed by atoms with van der Waals surface area (Å²) in [5, 5.41) is 4.82. The summed E-state index contributed by atoms with van der Waals surface area (Å²) in [6, 6.07) is 0. The van der Waals surface area contributed by atoms with E-state index in [1.165, 1.54) is 6.92 Å². The molecular formula is C5H10N2O2S. The topological polar surface area (TPSA) is 58.2 Å². The molecule has 0 saturated heterocycles. The van der Waals surface area contributed by atoms with Gasteiger partial charge in [0.25, 0.3) is 0 Å². The minimum Gasteiger partial charge on any atom is -0.339 e. The van der Waals surface area contributed by atoms with Crippen molar-refractivity contribution in [3.8, 4) is 0 Å². The molecule has 0 aromatic carbocycles. The molecule has 0 fully saturated rings. The predicted octanol–water partition coefficient (Wildman–Crippen LogP) is -0.874. The molecule has 0 unspecified atom stereocenters. The summed E-state index contributed by atoms with van der Waals surface area (Å²) in [6.07, 6.45) is 0. The lowest BCUT2D eigenvalue weighted by molar-refractivity contribution is -0.120. The van der Waals surface area contributed by atoms with Crippen LogP contribution in [0.25, 0.3) is 0 Å². The minimum absolute atomic E-state index is 0.138. The zero-order chi connectivity index (χ0) is 7.98. The molecule has 2 N–H and O–H groups in total. The summed E-state index contributed by atoms with van der Waals surface area (Å²) < 4.78 is 0. The van der Waals surface area contributed by atoms with E-state index in [0.717, 1.165) is 0 Å². The molecule has 4 nitrogen and oxygen atoms in total. The molecule has 0 rings (SSSR count). The first-order valence-electron chi connectivity index (χ1n) is 2.79. The SMILES string of the molecule is CC(=O)NCNC(=O)CS. The Kier molecular flexibility index (Phi) is 4.74. The van der Waals surface area contributed by atoms with Gasteiger partial charge in [0.15, 0.2) is 0 Å². The van der Waals surface area contributed by atoms with Gasteiger partial charge in [-0.2, -0.15) is 12.6 Å². The highest BCUT2D eigenvalue weighted by Gasteiger charge is 1.94. The Hall–Kier alpha value is -0.710. The summed E-state index contributed by atoms with van der Waals surface area (Å²) in [5.41, 5.74) is 0. The molecule has 0 spiro atoms. The van der Waals surface area contributed by atoms with Gasteiger partial charge in [0.05, 0.1) is 12.4 Å². The Morgan fingerprint density at radius 1 is 1.40 bits per heavy atom. The molecule has 0 aliphatic rings. The number of hydrogen-bond donors (Lipinski definition) is 3. The van der Waals surface area contributed by atoms with Crippen LogP contribution in [0.5, 0.6) is 0 Å². The average Bonchev–Trinajstić information content (AvgIpc) is 1.87. The van der Waals surface area contributed by atoms with Crippen LogP contribution in [0.1, 0.15) is 6.92 Å². The Morgan fingerprint density at radius 2 is 2.00 bits per heavy atom. The maximum Gasteiger partial charge on any atom is 0.231 e. The van der Waals surface area contributed by atoms with E-state index < -0.39 is 0 Å². The van der Waals surface area contributed by atoms with E-state index in [9.17, 15) is 9.59 Å². The van der Waals surface area contributed by atoms with Gasteiger partial charge in [0.1, 0.15) is 0 Å². The van der Waals surface area contributed by atoms with Crippen molar-refractivity contribution in [2.24, 2.45) is 0 Å². The lowest BCUT2D eigenvalue weighted by Crippen LogP contribution is -2.36. The molecule has 0 atom stereocenters. The summed E-state index contributed by atoms with van der Waals surface area (Å²) >= 11 is 3.72. The molecule has 0 aliphatic heterocycles. The van der Waals surface area contributed by atoms with Crippen LogP contribution in [0.4, 0.5) is 0 Å². The zero-order valence-corrected chi connectivity index (χ0v) is 6.57. The van der Waals surface area contributed by atoms with Crippen molar-refractivity contribution < 1.29 is 9.59 Å². The van der Waals surface area contributed by atoms with Gasteiger partial charge in [-0.25, -0.2) is 0 Å². The fourth-order valence-electron chi connectivity index (χ4n) is 0.323. The van der Waals surface area contributed by atoms with E-state index in [1.54, 1.807) is 0 Å². The zero-order valence-electron chi connectivity index (χ0n) is 5.68. The summed E-state index contributed by atoms with van der Waals surface area (Å²) in [4.78, 5) is 20.7. The first kappa shape index (κ1) is 9.29. The third-order valence-corrected chi connectivity index (χ3v) is 1.05. The largest absolute Gasteiger partial charge is 0.339 e. The van der Waals surface area contributed by atoms with Gasteiger partial charge < -0.3 is 10.6 Å². The van der Waals surface area contributed by atoms with Gasteiger partial charge in [0.2, 0.25) is 11.8 Å². The maximum atomic E-state index is 10.5. The molecule has 10 heavy (non-hydrogen) atoms. The summed E-state index contributed by atoms with van der Waals surface area (Å²) in [5.74, 6) is -0.226. The van der Waals surface area contributed by atoms with Crippen LogP contribution in [-0.2, 0) is 9.59 Å². The van der Waals surface area contributed by atoms with E-state index in [2.05, 4.69) is 23.3 Å². The van der Waals surface area contributed by atoms with Crippen LogP contribution in [-0.4, -0.2) is 24.2 Å². The highest BCUT2D eigenvalue weighted by atomic mass is 32.1. The highest BCUT2D eigenvalue weighted by Crippen LogP contribution is 1.70. The lowest BCUT2D eigenvalue weighted by atomic mass is 10.6. The van der Waals surface area contributed by atoms with Crippen molar-refractivity contribution in [1.29, 1.82) is 0 Å². The second-order valence-corrected chi connectivity index (χ2v) is 1.98. The Balaban J connectivity index is 3.20. The molecule has 0 heterocycles. The third kappa shape index (κ3) is 5.43.